The van der Waals surface area contributed by atoms with Gasteiger partial charge in [-0.2, -0.15) is 0 Å². The Bertz CT molecular complexity index is 442. The van der Waals surface area contributed by atoms with E-state index in [0.29, 0.717) is 0 Å². The second kappa shape index (κ2) is 5.66. The number of phenolic OH excluding ortho intramolecular Hbond substituents is 1. The van der Waals surface area contributed by atoms with Crippen LogP contribution >= 0.6 is 0 Å². The third-order valence-electron chi connectivity index (χ3n) is 3.75. The van der Waals surface area contributed by atoms with Crippen molar-refractivity contribution in [2.24, 2.45) is 0 Å². The van der Waals surface area contributed by atoms with Crippen LogP contribution in [0.25, 0.3) is 5.57 Å². The number of hydrogen-bond donors (Lipinski definition) is 2. The lowest BCUT2D eigenvalue weighted by molar-refractivity contribution is 0.0606. The van der Waals surface area contributed by atoms with Gasteiger partial charge in [-0.25, -0.2) is 0 Å². The van der Waals surface area contributed by atoms with Crippen LogP contribution in [0.2, 0.25) is 0 Å². The van der Waals surface area contributed by atoms with Gasteiger partial charge in [0.1, 0.15) is 5.75 Å². The average Bonchev–Trinajstić information content (AvgIpc) is 2.38. The number of aromatic hydroxyl groups is 1. The molecule has 0 unspecified atom stereocenters. The van der Waals surface area contributed by atoms with Crippen LogP contribution in [-0.4, -0.2) is 34.8 Å². The minimum atomic E-state index is -0.737. The normalized spacial score (nSPS) is 19.2. The lowest BCUT2D eigenvalue weighted by Gasteiger charge is -2.35. The molecule has 3 nitrogen and oxygen atoms in total. The molecular weight excluding hydrogens is 238 g/mol. The minimum absolute atomic E-state index is 0.253. The zero-order valence-electron chi connectivity index (χ0n) is 11.8. The van der Waals surface area contributed by atoms with E-state index < -0.39 is 5.60 Å². The zero-order chi connectivity index (χ0) is 13.9. The SMILES string of the molecule is CN(C)/C=C(\c1ccc(O)cc1)C1(O)CCCCC1. The summed E-state index contributed by atoms with van der Waals surface area (Å²) in [6.07, 6.45) is 6.96. The topological polar surface area (TPSA) is 43.7 Å². The Hall–Kier alpha value is -1.48. The summed E-state index contributed by atoms with van der Waals surface area (Å²) in [6.45, 7) is 0. The first-order valence-electron chi connectivity index (χ1n) is 6.92. The van der Waals surface area contributed by atoms with Crippen LogP contribution in [0, 0.1) is 0 Å². The number of phenols is 1. The van der Waals surface area contributed by atoms with E-state index in [1.807, 2.05) is 37.3 Å². The first kappa shape index (κ1) is 13.9. The molecule has 2 N–H and O–H groups in total. The summed E-state index contributed by atoms with van der Waals surface area (Å²) >= 11 is 0. The van der Waals surface area contributed by atoms with E-state index in [1.54, 1.807) is 12.1 Å². The Kier molecular flexibility index (Phi) is 4.15. The molecule has 0 bridgehead atoms. The molecule has 2 rings (SSSR count). The molecule has 0 atom stereocenters. The standard InChI is InChI=1S/C16H23NO2/c1-17(2)12-15(13-6-8-14(18)9-7-13)16(19)10-4-3-5-11-16/h6-9,12,18-19H,3-5,10-11H2,1-2H3/b15-12+. The summed E-state index contributed by atoms with van der Waals surface area (Å²) in [6, 6.07) is 7.09. The highest BCUT2D eigenvalue weighted by molar-refractivity contribution is 5.72. The van der Waals surface area contributed by atoms with Gasteiger partial charge in [0.25, 0.3) is 0 Å². The molecule has 3 heteroatoms. The van der Waals surface area contributed by atoms with E-state index in [1.165, 1.54) is 6.42 Å². The number of nitrogens with zero attached hydrogens (tertiary/aromatic N) is 1. The van der Waals surface area contributed by atoms with Gasteiger partial charge in [0, 0.05) is 25.9 Å². The molecule has 0 spiro atoms. The van der Waals surface area contributed by atoms with E-state index in [9.17, 15) is 10.2 Å². The van der Waals surface area contributed by atoms with Crippen molar-refractivity contribution >= 4 is 5.57 Å². The zero-order valence-corrected chi connectivity index (χ0v) is 11.8. The second-order valence-electron chi connectivity index (χ2n) is 5.65. The van der Waals surface area contributed by atoms with E-state index in [0.717, 1.165) is 36.8 Å². The molecule has 1 aliphatic carbocycles. The van der Waals surface area contributed by atoms with E-state index >= 15 is 0 Å². The summed E-state index contributed by atoms with van der Waals surface area (Å²) in [5.41, 5.74) is 1.20. The molecule has 19 heavy (non-hydrogen) atoms. The van der Waals surface area contributed by atoms with Gasteiger partial charge in [-0.1, -0.05) is 31.4 Å². The van der Waals surface area contributed by atoms with Gasteiger partial charge in [0.2, 0.25) is 0 Å². The third kappa shape index (κ3) is 3.29. The van der Waals surface area contributed by atoms with Crippen LogP contribution in [0.4, 0.5) is 0 Å². The number of benzene rings is 1. The largest absolute Gasteiger partial charge is 0.508 e. The average molecular weight is 261 g/mol. The molecule has 1 saturated carbocycles. The van der Waals surface area contributed by atoms with Crippen LogP contribution < -0.4 is 0 Å². The van der Waals surface area contributed by atoms with Crippen molar-refractivity contribution in [2.45, 2.75) is 37.7 Å². The highest BCUT2D eigenvalue weighted by Gasteiger charge is 2.34. The predicted molar refractivity (Wildman–Crippen MR) is 77.8 cm³/mol. The maximum Gasteiger partial charge on any atom is 0.115 e. The van der Waals surface area contributed by atoms with Crippen LogP contribution in [0.5, 0.6) is 5.75 Å². The fourth-order valence-electron chi connectivity index (χ4n) is 2.77. The van der Waals surface area contributed by atoms with Crippen molar-refractivity contribution in [3.05, 3.63) is 36.0 Å². The van der Waals surface area contributed by atoms with Gasteiger partial charge in [-0.15, -0.1) is 0 Å². The maximum atomic E-state index is 10.9. The predicted octanol–water partition coefficient (Wildman–Crippen LogP) is 2.99. The van der Waals surface area contributed by atoms with Gasteiger partial charge < -0.3 is 15.1 Å². The first-order valence-corrected chi connectivity index (χ1v) is 6.92. The van der Waals surface area contributed by atoms with Crippen molar-refractivity contribution in [1.29, 1.82) is 0 Å². The summed E-state index contributed by atoms with van der Waals surface area (Å²) in [5, 5.41) is 20.3. The molecule has 0 amide bonds. The van der Waals surface area contributed by atoms with E-state index in [2.05, 4.69) is 0 Å². The molecule has 0 heterocycles. The monoisotopic (exact) mass is 261 g/mol. The number of rotatable bonds is 3. The fraction of sp³-hybridized carbons (Fsp3) is 0.500. The molecular formula is C16H23NO2. The van der Waals surface area contributed by atoms with Gasteiger partial charge in [-0.05, 0) is 30.5 Å². The van der Waals surface area contributed by atoms with Crippen LogP contribution in [0.15, 0.2) is 30.5 Å². The molecule has 0 aliphatic heterocycles. The molecule has 104 valence electrons. The van der Waals surface area contributed by atoms with Gasteiger partial charge >= 0.3 is 0 Å². The molecule has 1 fully saturated rings. The second-order valence-corrected chi connectivity index (χ2v) is 5.65. The van der Waals surface area contributed by atoms with Crippen molar-refractivity contribution < 1.29 is 10.2 Å². The Labute approximate surface area is 115 Å². The quantitative estimate of drug-likeness (QED) is 0.879. The first-order chi connectivity index (χ1) is 9.01. The Morgan fingerprint density at radius 3 is 2.21 bits per heavy atom. The summed E-state index contributed by atoms with van der Waals surface area (Å²) in [4.78, 5) is 1.97. The highest BCUT2D eigenvalue weighted by atomic mass is 16.3. The summed E-state index contributed by atoms with van der Waals surface area (Å²) in [7, 11) is 3.93. The Balaban J connectivity index is 2.38. The van der Waals surface area contributed by atoms with Crippen molar-refractivity contribution in [1.82, 2.24) is 4.90 Å². The van der Waals surface area contributed by atoms with Gasteiger partial charge in [0.05, 0.1) is 5.60 Å². The maximum absolute atomic E-state index is 10.9. The lowest BCUT2D eigenvalue weighted by Crippen LogP contribution is -2.33. The molecule has 0 saturated heterocycles. The number of aliphatic hydroxyl groups is 1. The smallest absolute Gasteiger partial charge is 0.115 e. The van der Waals surface area contributed by atoms with E-state index in [4.69, 9.17) is 0 Å². The fourth-order valence-corrected chi connectivity index (χ4v) is 2.77. The Morgan fingerprint density at radius 1 is 1.11 bits per heavy atom. The van der Waals surface area contributed by atoms with Crippen molar-refractivity contribution in [3.8, 4) is 5.75 Å². The molecule has 1 aliphatic rings. The van der Waals surface area contributed by atoms with Crippen LogP contribution in [0.3, 0.4) is 0 Å². The van der Waals surface area contributed by atoms with Crippen LogP contribution in [0.1, 0.15) is 37.7 Å². The minimum Gasteiger partial charge on any atom is -0.508 e. The van der Waals surface area contributed by atoms with E-state index in [-0.39, 0.29) is 5.75 Å². The van der Waals surface area contributed by atoms with Crippen molar-refractivity contribution in [3.63, 3.8) is 0 Å². The summed E-state index contributed by atoms with van der Waals surface area (Å²) < 4.78 is 0. The van der Waals surface area contributed by atoms with Crippen LogP contribution in [-0.2, 0) is 0 Å². The third-order valence-corrected chi connectivity index (χ3v) is 3.75. The molecule has 1 aromatic rings. The Morgan fingerprint density at radius 2 is 1.68 bits per heavy atom. The summed E-state index contributed by atoms with van der Waals surface area (Å²) in [5.74, 6) is 0.253. The van der Waals surface area contributed by atoms with Gasteiger partial charge in [0.15, 0.2) is 0 Å². The van der Waals surface area contributed by atoms with Crippen molar-refractivity contribution in [2.75, 3.05) is 14.1 Å². The lowest BCUT2D eigenvalue weighted by atomic mass is 9.77. The number of hydrogen-bond acceptors (Lipinski definition) is 3. The molecule has 1 aromatic carbocycles. The molecule has 0 radical (unpaired) electrons. The highest BCUT2D eigenvalue weighted by Crippen LogP contribution is 2.39. The molecule has 0 aromatic heterocycles. The van der Waals surface area contributed by atoms with Gasteiger partial charge in [-0.3, -0.25) is 0 Å².